The average Bonchev–Trinajstić information content (AvgIpc) is 2.36. The molecule has 0 bridgehead atoms. The number of nitrogens with one attached hydrogen (secondary N) is 1. The predicted molar refractivity (Wildman–Crippen MR) is 81.3 cm³/mol. The minimum Gasteiger partial charge on any atom is -0.276 e. The Morgan fingerprint density at radius 1 is 1.10 bits per heavy atom. The molecular formula is C12H9Cl3N2O2S. The molecule has 1 N–H and O–H groups in total. The molecule has 0 aliphatic rings. The second-order valence-corrected chi connectivity index (χ2v) is 6.89. The molecule has 8 heteroatoms. The van der Waals surface area contributed by atoms with E-state index < -0.39 is 10.0 Å². The quantitative estimate of drug-likeness (QED) is 0.845. The average molecular weight is 352 g/mol. The molecule has 0 saturated heterocycles. The van der Waals surface area contributed by atoms with Crippen LogP contribution in [0.2, 0.25) is 15.2 Å². The SMILES string of the molecule is Cc1cnc(Cl)c(NS(=O)(=O)c2ccc(Cl)c(Cl)c2)c1. The smallest absolute Gasteiger partial charge is 0.262 e. The van der Waals surface area contributed by atoms with Crippen LogP contribution in [0.5, 0.6) is 0 Å². The molecule has 4 nitrogen and oxygen atoms in total. The molecule has 0 aliphatic carbocycles. The Kier molecular flexibility index (Phi) is 4.44. The molecule has 0 aliphatic heterocycles. The maximum absolute atomic E-state index is 12.2. The van der Waals surface area contributed by atoms with Gasteiger partial charge in [-0.05, 0) is 36.8 Å². The highest BCUT2D eigenvalue weighted by atomic mass is 35.5. The van der Waals surface area contributed by atoms with Crippen LogP contribution >= 0.6 is 34.8 Å². The number of hydrogen-bond acceptors (Lipinski definition) is 3. The van der Waals surface area contributed by atoms with Crippen molar-refractivity contribution < 1.29 is 8.42 Å². The highest BCUT2D eigenvalue weighted by Crippen LogP contribution is 2.27. The number of nitrogens with zero attached hydrogens (tertiary/aromatic N) is 1. The summed E-state index contributed by atoms with van der Waals surface area (Å²) in [5.74, 6) is 0. The van der Waals surface area contributed by atoms with Crippen LogP contribution in [0.1, 0.15) is 5.56 Å². The molecule has 2 aromatic rings. The summed E-state index contributed by atoms with van der Waals surface area (Å²) in [5, 5.41) is 0.503. The van der Waals surface area contributed by atoms with Gasteiger partial charge in [-0.1, -0.05) is 34.8 Å². The Balaban J connectivity index is 2.40. The predicted octanol–water partition coefficient (Wildman–Crippen LogP) is 4.15. The van der Waals surface area contributed by atoms with E-state index in [1.54, 1.807) is 19.2 Å². The molecular weight excluding hydrogens is 343 g/mol. The van der Waals surface area contributed by atoms with Crippen LogP contribution < -0.4 is 4.72 Å². The number of anilines is 1. The molecule has 0 fully saturated rings. The Bertz CT molecular complexity index is 763. The lowest BCUT2D eigenvalue weighted by Crippen LogP contribution is -2.13. The highest BCUT2D eigenvalue weighted by molar-refractivity contribution is 7.92. The van der Waals surface area contributed by atoms with Crippen molar-refractivity contribution in [3.63, 3.8) is 0 Å². The Morgan fingerprint density at radius 2 is 1.80 bits per heavy atom. The minimum atomic E-state index is -3.81. The number of pyridine rings is 1. The van der Waals surface area contributed by atoms with Crippen LogP contribution in [0.15, 0.2) is 35.4 Å². The van der Waals surface area contributed by atoms with Gasteiger partial charge < -0.3 is 0 Å². The fourth-order valence-electron chi connectivity index (χ4n) is 1.47. The van der Waals surface area contributed by atoms with Crippen molar-refractivity contribution in [3.8, 4) is 0 Å². The summed E-state index contributed by atoms with van der Waals surface area (Å²) >= 11 is 17.4. The van der Waals surface area contributed by atoms with Gasteiger partial charge in [-0.25, -0.2) is 13.4 Å². The zero-order chi connectivity index (χ0) is 14.9. The van der Waals surface area contributed by atoms with Crippen molar-refractivity contribution in [2.45, 2.75) is 11.8 Å². The van der Waals surface area contributed by atoms with Crippen molar-refractivity contribution in [1.82, 2.24) is 4.98 Å². The second kappa shape index (κ2) is 5.77. The monoisotopic (exact) mass is 350 g/mol. The first-order valence-electron chi connectivity index (χ1n) is 5.39. The Morgan fingerprint density at radius 3 is 2.45 bits per heavy atom. The van der Waals surface area contributed by atoms with E-state index in [9.17, 15) is 8.42 Å². The van der Waals surface area contributed by atoms with Crippen molar-refractivity contribution in [2.75, 3.05) is 4.72 Å². The van der Waals surface area contributed by atoms with Crippen molar-refractivity contribution in [2.24, 2.45) is 0 Å². The van der Waals surface area contributed by atoms with E-state index in [4.69, 9.17) is 34.8 Å². The lowest BCUT2D eigenvalue weighted by Gasteiger charge is -2.10. The summed E-state index contributed by atoms with van der Waals surface area (Å²) in [6.07, 6.45) is 1.54. The van der Waals surface area contributed by atoms with Gasteiger partial charge in [0.15, 0.2) is 5.15 Å². The summed E-state index contributed by atoms with van der Waals surface area (Å²) in [6.45, 7) is 1.78. The summed E-state index contributed by atoms with van der Waals surface area (Å²) < 4.78 is 26.8. The van der Waals surface area contributed by atoms with E-state index in [0.717, 1.165) is 5.56 Å². The van der Waals surface area contributed by atoms with E-state index in [0.29, 0.717) is 0 Å². The standard InChI is InChI=1S/C12H9Cl3N2O2S/c1-7-4-11(12(15)16-6-7)17-20(18,19)8-2-3-9(13)10(14)5-8/h2-6,17H,1H3. The molecule has 0 saturated carbocycles. The van der Waals surface area contributed by atoms with Gasteiger partial charge in [0.25, 0.3) is 10.0 Å². The summed E-state index contributed by atoms with van der Waals surface area (Å²) in [6, 6.07) is 5.62. The Labute approximate surface area is 131 Å². The zero-order valence-electron chi connectivity index (χ0n) is 10.2. The number of aromatic nitrogens is 1. The third-order valence-corrected chi connectivity index (χ3v) is 4.82. The Hall–Kier alpha value is -1.01. The van der Waals surface area contributed by atoms with Gasteiger partial charge in [-0.2, -0.15) is 0 Å². The van der Waals surface area contributed by atoms with Gasteiger partial charge >= 0.3 is 0 Å². The fourth-order valence-corrected chi connectivity index (χ4v) is 3.12. The fraction of sp³-hybridized carbons (Fsp3) is 0.0833. The molecule has 0 spiro atoms. The van der Waals surface area contributed by atoms with E-state index in [1.165, 1.54) is 18.2 Å². The lowest BCUT2D eigenvalue weighted by atomic mass is 10.3. The van der Waals surface area contributed by atoms with Gasteiger partial charge in [-0.3, -0.25) is 4.72 Å². The van der Waals surface area contributed by atoms with Crippen molar-refractivity contribution in [1.29, 1.82) is 0 Å². The number of rotatable bonds is 3. The molecule has 1 aromatic heterocycles. The summed E-state index contributed by atoms with van der Waals surface area (Å²) in [5.41, 5.74) is 0.985. The van der Waals surface area contributed by atoms with Crippen LogP contribution in [-0.2, 0) is 10.0 Å². The largest absolute Gasteiger partial charge is 0.276 e. The molecule has 1 heterocycles. The first kappa shape index (κ1) is 15.4. The normalized spacial score (nSPS) is 11.4. The molecule has 106 valence electrons. The molecule has 0 amide bonds. The van der Waals surface area contributed by atoms with Crippen molar-refractivity contribution >= 4 is 50.5 Å². The highest BCUT2D eigenvalue weighted by Gasteiger charge is 2.17. The number of aryl methyl sites for hydroxylation is 1. The van der Waals surface area contributed by atoms with Crippen LogP contribution in [0.3, 0.4) is 0 Å². The van der Waals surface area contributed by atoms with E-state index >= 15 is 0 Å². The number of benzene rings is 1. The van der Waals surface area contributed by atoms with Crippen LogP contribution in [-0.4, -0.2) is 13.4 Å². The van der Waals surface area contributed by atoms with E-state index in [1.807, 2.05) is 0 Å². The lowest BCUT2D eigenvalue weighted by molar-refractivity contribution is 0.601. The minimum absolute atomic E-state index is 0.00975. The summed E-state index contributed by atoms with van der Waals surface area (Å²) in [4.78, 5) is 3.87. The van der Waals surface area contributed by atoms with Gasteiger partial charge in [0.1, 0.15) is 0 Å². The summed E-state index contributed by atoms with van der Waals surface area (Å²) in [7, 11) is -3.81. The van der Waals surface area contributed by atoms with E-state index in [2.05, 4.69) is 9.71 Å². The van der Waals surface area contributed by atoms with E-state index in [-0.39, 0.29) is 25.8 Å². The molecule has 0 atom stereocenters. The van der Waals surface area contributed by atoms with Crippen molar-refractivity contribution in [3.05, 3.63) is 51.2 Å². The van der Waals surface area contributed by atoms with Crippen LogP contribution in [0.4, 0.5) is 5.69 Å². The zero-order valence-corrected chi connectivity index (χ0v) is 13.3. The maximum Gasteiger partial charge on any atom is 0.262 e. The molecule has 20 heavy (non-hydrogen) atoms. The topological polar surface area (TPSA) is 59.1 Å². The van der Waals surface area contributed by atoms with Gasteiger partial charge in [0.2, 0.25) is 0 Å². The van der Waals surface area contributed by atoms with Gasteiger partial charge in [0.05, 0.1) is 20.6 Å². The van der Waals surface area contributed by atoms with Gasteiger partial charge in [-0.15, -0.1) is 0 Å². The first-order chi connectivity index (χ1) is 9.29. The second-order valence-electron chi connectivity index (χ2n) is 4.03. The third-order valence-electron chi connectivity index (χ3n) is 2.42. The maximum atomic E-state index is 12.2. The molecule has 1 aromatic carbocycles. The first-order valence-corrected chi connectivity index (χ1v) is 8.01. The molecule has 2 rings (SSSR count). The third kappa shape index (κ3) is 3.35. The van der Waals surface area contributed by atoms with Gasteiger partial charge in [0, 0.05) is 6.20 Å². The van der Waals surface area contributed by atoms with Crippen LogP contribution in [0, 0.1) is 6.92 Å². The number of sulfonamides is 1. The number of halogens is 3. The molecule has 0 radical (unpaired) electrons. The molecule has 0 unspecified atom stereocenters. The van der Waals surface area contributed by atoms with Crippen LogP contribution in [0.25, 0.3) is 0 Å². The number of hydrogen-bond donors (Lipinski definition) is 1.